The summed E-state index contributed by atoms with van der Waals surface area (Å²) in [6.07, 6.45) is 8.01. The maximum absolute atomic E-state index is 2.52. The van der Waals surface area contributed by atoms with Gasteiger partial charge in [0.1, 0.15) is 0 Å². The molecule has 1 heterocycles. The highest BCUT2D eigenvalue weighted by Gasteiger charge is 2.42. The molecule has 2 unspecified atom stereocenters. The van der Waals surface area contributed by atoms with E-state index >= 15 is 0 Å². The van der Waals surface area contributed by atoms with Crippen LogP contribution in [0.3, 0.4) is 0 Å². The van der Waals surface area contributed by atoms with Crippen LogP contribution in [-0.2, 0) is 0 Å². The van der Waals surface area contributed by atoms with Gasteiger partial charge in [-0.3, -0.25) is 0 Å². The lowest BCUT2D eigenvalue weighted by Gasteiger charge is -2.30. The quantitative estimate of drug-likeness (QED) is 0.669. The summed E-state index contributed by atoms with van der Waals surface area (Å²) < 4.78 is 0. The lowest BCUT2D eigenvalue weighted by Crippen LogP contribution is -2.29. The third kappa shape index (κ3) is 1.33. The highest BCUT2D eigenvalue weighted by molar-refractivity contribution is 5.62. The molecule has 1 heteroatoms. The first-order valence-corrected chi connectivity index (χ1v) is 7.09. The lowest BCUT2D eigenvalue weighted by atomic mass is 9.87. The van der Waals surface area contributed by atoms with Gasteiger partial charge in [0.15, 0.2) is 0 Å². The summed E-state index contributed by atoms with van der Waals surface area (Å²) in [7, 11) is 2.27. The van der Waals surface area contributed by atoms with Crippen LogP contribution in [0.5, 0.6) is 0 Å². The minimum atomic E-state index is 0.587. The fourth-order valence-corrected chi connectivity index (χ4v) is 3.89. The second kappa shape index (κ2) is 3.88. The second-order valence-corrected chi connectivity index (χ2v) is 6.15. The Morgan fingerprint density at radius 1 is 1.33 bits per heavy atom. The van der Waals surface area contributed by atoms with Crippen LogP contribution in [0, 0.1) is 11.8 Å². The SMILES string of the molecule is CC1=C(C(C)C)C2=C(C3=CC=CCC3N2C)C1C. The molecule has 0 N–H and O–H groups in total. The summed E-state index contributed by atoms with van der Waals surface area (Å²) in [4.78, 5) is 2.52. The Kier molecular flexibility index (Phi) is 2.55. The molecule has 0 saturated heterocycles. The van der Waals surface area contributed by atoms with Gasteiger partial charge in [-0.1, -0.05) is 44.6 Å². The van der Waals surface area contributed by atoms with Crippen molar-refractivity contribution in [2.75, 3.05) is 7.05 Å². The van der Waals surface area contributed by atoms with Crippen LogP contribution < -0.4 is 0 Å². The van der Waals surface area contributed by atoms with Gasteiger partial charge >= 0.3 is 0 Å². The predicted molar refractivity (Wildman–Crippen MR) is 77.1 cm³/mol. The van der Waals surface area contributed by atoms with Gasteiger partial charge in [-0.15, -0.1) is 0 Å². The van der Waals surface area contributed by atoms with Crippen molar-refractivity contribution in [3.05, 3.63) is 46.2 Å². The average Bonchev–Trinajstić information content (AvgIpc) is 2.77. The molecule has 3 aliphatic rings. The minimum Gasteiger partial charge on any atom is -0.367 e. The Labute approximate surface area is 111 Å². The van der Waals surface area contributed by atoms with Crippen molar-refractivity contribution in [2.24, 2.45) is 11.8 Å². The molecule has 0 aromatic rings. The van der Waals surface area contributed by atoms with Gasteiger partial charge in [-0.2, -0.15) is 0 Å². The maximum Gasteiger partial charge on any atom is 0.0577 e. The topological polar surface area (TPSA) is 3.24 Å². The molecular weight excluding hydrogens is 218 g/mol. The largest absolute Gasteiger partial charge is 0.367 e. The number of likely N-dealkylation sites (N-methyl/N-ethyl adjacent to an activating group) is 1. The van der Waals surface area contributed by atoms with Crippen molar-refractivity contribution in [1.82, 2.24) is 4.90 Å². The van der Waals surface area contributed by atoms with Crippen molar-refractivity contribution in [1.29, 1.82) is 0 Å². The molecule has 2 atom stereocenters. The van der Waals surface area contributed by atoms with E-state index in [4.69, 9.17) is 0 Å². The number of allylic oxidation sites excluding steroid dienone is 4. The smallest absolute Gasteiger partial charge is 0.0577 e. The van der Waals surface area contributed by atoms with Gasteiger partial charge in [-0.25, -0.2) is 0 Å². The number of hydrogen-bond donors (Lipinski definition) is 0. The molecule has 0 radical (unpaired) electrons. The normalized spacial score (nSPS) is 30.3. The third-order valence-corrected chi connectivity index (χ3v) is 4.86. The highest BCUT2D eigenvalue weighted by atomic mass is 15.2. The molecule has 18 heavy (non-hydrogen) atoms. The van der Waals surface area contributed by atoms with E-state index in [2.05, 4.69) is 57.9 Å². The highest BCUT2D eigenvalue weighted by Crippen LogP contribution is 2.51. The maximum atomic E-state index is 2.52. The molecule has 0 aromatic heterocycles. The van der Waals surface area contributed by atoms with Crippen LogP contribution >= 0.6 is 0 Å². The summed E-state index contributed by atoms with van der Waals surface area (Å²) in [6, 6.07) is 0.587. The van der Waals surface area contributed by atoms with E-state index in [0.717, 1.165) is 6.42 Å². The molecule has 96 valence electrons. The zero-order valence-electron chi connectivity index (χ0n) is 12.1. The molecule has 2 aliphatic carbocycles. The molecular formula is C17H23N. The molecule has 0 bridgehead atoms. The number of rotatable bonds is 1. The standard InChI is InChI=1S/C17H23N/c1-10(2)15-11(3)12(4)16-13-8-6-7-9-14(13)18(5)17(15)16/h6-8,10,12,14H,9H2,1-5H3. The first-order valence-electron chi connectivity index (χ1n) is 7.09. The molecule has 0 saturated carbocycles. The summed E-state index contributed by atoms with van der Waals surface area (Å²) in [5, 5.41) is 0. The lowest BCUT2D eigenvalue weighted by molar-refractivity contribution is 0.364. The first kappa shape index (κ1) is 11.8. The van der Waals surface area contributed by atoms with E-state index in [9.17, 15) is 0 Å². The van der Waals surface area contributed by atoms with Crippen LogP contribution in [0.15, 0.2) is 46.2 Å². The van der Waals surface area contributed by atoms with Crippen LogP contribution in [0.4, 0.5) is 0 Å². The Bertz CT molecular complexity index is 514. The van der Waals surface area contributed by atoms with Gasteiger partial charge in [0.25, 0.3) is 0 Å². The van der Waals surface area contributed by atoms with E-state index < -0.39 is 0 Å². The molecule has 0 fully saturated rings. The fourth-order valence-electron chi connectivity index (χ4n) is 3.89. The van der Waals surface area contributed by atoms with Gasteiger partial charge in [0.05, 0.1) is 6.04 Å². The molecule has 0 amide bonds. The van der Waals surface area contributed by atoms with Gasteiger partial charge in [-0.05, 0) is 36.0 Å². The summed E-state index contributed by atoms with van der Waals surface area (Å²) in [6.45, 7) is 9.34. The summed E-state index contributed by atoms with van der Waals surface area (Å²) in [5.74, 6) is 1.22. The van der Waals surface area contributed by atoms with Crippen molar-refractivity contribution < 1.29 is 0 Å². The van der Waals surface area contributed by atoms with Crippen LogP contribution in [-0.4, -0.2) is 18.0 Å². The van der Waals surface area contributed by atoms with Crippen molar-refractivity contribution in [3.8, 4) is 0 Å². The Hall–Kier alpha value is -1.24. The second-order valence-electron chi connectivity index (χ2n) is 6.15. The van der Waals surface area contributed by atoms with Crippen LogP contribution in [0.25, 0.3) is 0 Å². The van der Waals surface area contributed by atoms with Crippen molar-refractivity contribution >= 4 is 0 Å². The molecule has 3 rings (SSSR count). The molecule has 0 spiro atoms. The summed E-state index contributed by atoms with van der Waals surface area (Å²) in [5.41, 5.74) is 7.88. The fraction of sp³-hybridized carbons (Fsp3) is 0.529. The van der Waals surface area contributed by atoms with E-state index in [-0.39, 0.29) is 0 Å². The van der Waals surface area contributed by atoms with Gasteiger partial charge < -0.3 is 4.90 Å². The van der Waals surface area contributed by atoms with E-state index in [1.165, 1.54) is 5.70 Å². The van der Waals surface area contributed by atoms with Gasteiger partial charge in [0.2, 0.25) is 0 Å². The molecule has 0 aromatic carbocycles. The Morgan fingerprint density at radius 3 is 2.72 bits per heavy atom. The molecule has 1 nitrogen and oxygen atoms in total. The number of nitrogens with zero attached hydrogens (tertiary/aromatic N) is 1. The Balaban J connectivity index is 2.16. The Morgan fingerprint density at radius 2 is 2.06 bits per heavy atom. The minimum absolute atomic E-state index is 0.587. The number of hydrogen-bond acceptors (Lipinski definition) is 1. The predicted octanol–water partition coefficient (Wildman–Crippen LogP) is 4.06. The monoisotopic (exact) mass is 241 g/mol. The van der Waals surface area contributed by atoms with Crippen molar-refractivity contribution in [3.63, 3.8) is 0 Å². The van der Waals surface area contributed by atoms with E-state index in [0.29, 0.717) is 17.9 Å². The van der Waals surface area contributed by atoms with Crippen LogP contribution in [0.1, 0.15) is 34.1 Å². The molecule has 1 aliphatic heterocycles. The van der Waals surface area contributed by atoms with Crippen molar-refractivity contribution in [2.45, 2.75) is 40.2 Å². The first-order chi connectivity index (χ1) is 8.54. The zero-order valence-corrected chi connectivity index (χ0v) is 12.1. The van der Waals surface area contributed by atoms with Gasteiger partial charge in [0, 0.05) is 18.7 Å². The van der Waals surface area contributed by atoms with E-state index in [1.54, 1.807) is 22.3 Å². The summed E-state index contributed by atoms with van der Waals surface area (Å²) >= 11 is 0. The number of fused-ring (bicyclic) bond motifs is 2. The van der Waals surface area contributed by atoms with Crippen LogP contribution in [0.2, 0.25) is 0 Å². The third-order valence-electron chi connectivity index (χ3n) is 4.86. The average molecular weight is 241 g/mol. The zero-order chi connectivity index (χ0) is 13.0. The van der Waals surface area contributed by atoms with E-state index in [1.807, 2.05) is 0 Å².